The first-order chi connectivity index (χ1) is 5.88. The zero-order valence-electron chi connectivity index (χ0n) is 6.94. The predicted octanol–water partition coefficient (Wildman–Crippen LogP) is 2.38. The van der Waals surface area contributed by atoms with Gasteiger partial charge in [0.25, 0.3) is 0 Å². The molecule has 0 aromatic heterocycles. The molecule has 1 aromatic carbocycles. The van der Waals surface area contributed by atoms with E-state index in [2.05, 4.69) is 11.4 Å². The third kappa shape index (κ3) is 1.47. The van der Waals surface area contributed by atoms with E-state index in [1.807, 2.05) is 12.1 Å². The van der Waals surface area contributed by atoms with Gasteiger partial charge in [-0.25, -0.2) is 0 Å². The molecule has 0 saturated carbocycles. The summed E-state index contributed by atoms with van der Waals surface area (Å²) in [5.41, 5.74) is 2.70. The van der Waals surface area contributed by atoms with Crippen LogP contribution in [0.2, 0.25) is 5.02 Å². The van der Waals surface area contributed by atoms with Gasteiger partial charge in [0.1, 0.15) is 0 Å². The summed E-state index contributed by atoms with van der Waals surface area (Å²) in [5.74, 6) is 0. The number of aryl methyl sites for hydroxylation is 1. The van der Waals surface area contributed by atoms with Crippen molar-refractivity contribution in [3.05, 3.63) is 34.3 Å². The molecule has 0 spiro atoms. The molecule has 0 fully saturated rings. The van der Waals surface area contributed by atoms with Crippen LogP contribution in [0.5, 0.6) is 0 Å². The number of benzene rings is 1. The minimum atomic E-state index is 0.905. The molecule has 0 unspecified atom stereocenters. The standard InChI is InChI=1S/C10H12ClN/c11-10-5-1-3-8-4-2-6-12-7-9(8)10/h1,3,5,12H,2,4,6-7H2. The molecular weight excluding hydrogens is 170 g/mol. The summed E-state index contributed by atoms with van der Waals surface area (Å²) >= 11 is 6.07. The van der Waals surface area contributed by atoms with Crippen molar-refractivity contribution in [2.75, 3.05) is 6.54 Å². The molecule has 0 atom stereocenters. The smallest absolute Gasteiger partial charge is 0.0453 e. The van der Waals surface area contributed by atoms with Crippen LogP contribution in [0.4, 0.5) is 0 Å². The highest BCUT2D eigenvalue weighted by Crippen LogP contribution is 2.22. The molecule has 0 amide bonds. The van der Waals surface area contributed by atoms with E-state index in [4.69, 9.17) is 11.6 Å². The van der Waals surface area contributed by atoms with Gasteiger partial charge in [-0.15, -0.1) is 0 Å². The van der Waals surface area contributed by atoms with Crippen LogP contribution < -0.4 is 5.32 Å². The molecule has 2 heteroatoms. The SMILES string of the molecule is Clc1cccc2c1CNCCC2. The van der Waals surface area contributed by atoms with Crippen LogP contribution in [0, 0.1) is 0 Å². The van der Waals surface area contributed by atoms with Crippen molar-refractivity contribution in [2.24, 2.45) is 0 Å². The third-order valence-electron chi connectivity index (χ3n) is 2.32. The van der Waals surface area contributed by atoms with E-state index in [1.54, 1.807) is 0 Å². The van der Waals surface area contributed by atoms with Gasteiger partial charge in [-0.05, 0) is 36.6 Å². The number of hydrogen-bond donors (Lipinski definition) is 1. The lowest BCUT2D eigenvalue weighted by Crippen LogP contribution is -2.12. The quantitative estimate of drug-likeness (QED) is 0.648. The number of hydrogen-bond acceptors (Lipinski definition) is 1. The van der Waals surface area contributed by atoms with Gasteiger partial charge in [-0.3, -0.25) is 0 Å². The molecule has 64 valence electrons. The van der Waals surface area contributed by atoms with Crippen LogP contribution in [0.25, 0.3) is 0 Å². The van der Waals surface area contributed by atoms with Crippen LogP contribution >= 0.6 is 11.6 Å². The van der Waals surface area contributed by atoms with Gasteiger partial charge in [0.15, 0.2) is 0 Å². The minimum absolute atomic E-state index is 0.905. The van der Waals surface area contributed by atoms with Crippen molar-refractivity contribution < 1.29 is 0 Å². The lowest BCUT2D eigenvalue weighted by Gasteiger charge is -2.06. The van der Waals surface area contributed by atoms with E-state index in [9.17, 15) is 0 Å². The first-order valence-corrected chi connectivity index (χ1v) is 4.73. The van der Waals surface area contributed by atoms with E-state index in [0.717, 1.165) is 24.5 Å². The van der Waals surface area contributed by atoms with Crippen LogP contribution in [-0.4, -0.2) is 6.54 Å². The Bertz CT molecular complexity index is 283. The second kappa shape index (κ2) is 3.46. The van der Waals surface area contributed by atoms with Gasteiger partial charge < -0.3 is 5.32 Å². The molecule has 1 aliphatic heterocycles. The van der Waals surface area contributed by atoms with Crippen molar-refractivity contribution in [1.82, 2.24) is 5.32 Å². The normalized spacial score (nSPS) is 16.8. The number of nitrogens with one attached hydrogen (secondary N) is 1. The summed E-state index contributed by atoms with van der Waals surface area (Å²) in [6.07, 6.45) is 2.37. The van der Waals surface area contributed by atoms with Crippen molar-refractivity contribution in [2.45, 2.75) is 19.4 Å². The molecule has 0 radical (unpaired) electrons. The first kappa shape index (κ1) is 8.09. The molecule has 1 aromatic rings. The summed E-state index contributed by atoms with van der Waals surface area (Å²) in [6, 6.07) is 6.17. The van der Waals surface area contributed by atoms with Crippen molar-refractivity contribution in [3.63, 3.8) is 0 Å². The zero-order chi connectivity index (χ0) is 8.39. The minimum Gasteiger partial charge on any atom is -0.313 e. The van der Waals surface area contributed by atoms with Crippen LogP contribution in [0.15, 0.2) is 18.2 Å². The highest BCUT2D eigenvalue weighted by Gasteiger charge is 2.09. The summed E-state index contributed by atoms with van der Waals surface area (Å²) < 4.78 is 0. The van der Waals surface area contributed by atoms with E-state index >= 15 is 0 Å². The van der Waals surface area contributed by atoms with Gasteiger partial charge in [0.05, 0.1) is 0 Å². The van der Waals surface area contributed by atoms with E-state index in [-0.39, 0.29) is 0 Å². The maximum absolute atomic E-state index is 6.07. The van der Waals surface area contributed by atoms with Crippen molar-refractivity contribution >= 4 is 11.6 Å². The van der Waals surface area contributed by atoms with Crippen molar-refractivity contribution in [1.29, 1.82) is 0 Å². The molecule has 1 N–H and O–H groups in total. The Morgan fingerprint density at radius 1 is 1.33 bits per heavy atom. The number of fused-ring (bicyclic) bond motifs is 1. The highest BCUT2D eigenvalue weighted by molar-refractivity contribution is 6.31. The average molecular weight is 182 g/mol. The Hall–Kier alpha value is -0.530. The zero-order valence-corrected chi connectivity index (χ0v) is 7.69. The van der Waals surface area contributed by atoms with Crippen LogP contribution in [0.3, 0.4) is 0 Å². The van der Waals surface area contributed by atoms with E-state index in [0.29, 0.717) is 0 Å². The molecule has 0 bridgehead atoms. The number of rotatable bonds is 0. The Morgan fingerprint density at radius 3 is 3.17 bits per heavy atom. The van der Waals surface area contributed by atoms with Crippen LogP contribution in [0.1, 0.15) is 17.5 Å². The van der Waals surface area contributed by atoms with Gasteiger partial charge >= 0.3 is 0 Å². The maximum Gasteiger partial charge on any atom is 0.0453 e. The molecule has 2 rings (SSSR count). The Labute approximate surface area is 77.7 Å². The third-order valence-corrected chi connectivity index (χ3v) is 2.67. The van der Waals surface area contributed by atoms with E-state index < -0.39 is 0 Å². The number of halogens is 1. The molecule has 12 heavy (non-hydrogen) atoms. The maximum atomic E-state index is 6.07. The fourth-order valence-corrected chi connectivity index (χ4v) is 1.91. The summed E-state index contributed by atoms with van der Waals surface area (Å²) in [5, 5.41) is 4.26. The Morgan fingerprint density at radius 2 is 2.25 bits per heavy atom. The summed E-state index contributed by atoms with van der Waals surface area (Å²) in [4.78, 5) is 0. The molecule has 0 aliphatic carbocycles. The summed E-state index contributed by atoms with van der Waals surface area (Å²) in [6.45, 7) is 2.03. The van der Waals surface area contributed by atoms with Gasteiger partial charge in [0.2, 0.25) is 0 Å². The fourth-order valence-electron chi connectivity index (χ4n) is 1.65. The van der Waals surface area contributed by atoms with Gasteiger partial charge in [-0.1, -0.05) is 23.7 Å². The molecule has 1 aliphatic rings. The largest absolute Gasteiger partial charge is 0.313 e. The van der Waals surface area contributed by atoms with Gasteiger partial charge in [-0.2, -0.15) is 0 Å². The van der Waals surface area contributed by atoms with Gasteiger partial charge in [0, 0.05) is 11.6 Å². The topological polar surface area (TPSA) is 12.0 Å². The summed E-state index contributed by atoms with van der Waals surface area (Å²) in [7, 11) is 0. The molecule has 1 heterocycles. The lowest BCUT2D eigenvalue weighted by molar-refractivity contribution is 0.681. The lowest BCUT2D eigenvalue weighted by atomic mass is 10.0. The second-order valence-electron chi connectivity index (χ2n) is 3.16. The van der Waals surface area contributed by atoms with Crippen molar-refractivity contribution in [3.8, 4) is 0 Å². The fraction of sp³-hybridized carbons (Fsp3) is 0.400. The molecular formula is C10H12ClN. The first-order valence-electron chi connectivity index (χ1n) is 4.35. The average Bonchev–Trinajstić information content (AvgIpc) is 2.30. The second-order valence-corrected chi connectivity index (χ2v) is 3.57. The molecule has 1 nitrogen and oxygen atoms in total. The highest BCUT2D eigenvalue weighted by atomic mass is 35.5. The Kier molecular flexibility index (Phi) is 2.33. The monoisotopic (exact) mass is 181 g/mol. The van der Waals surface area contributed by atoms with Crippen LogP contribution in [-0.2, 0) is 13.0 Å². The molecule has 0 saturated heterocycles. The van der Waals surface area contributed by atoms with E-state index in [1.165, 1.54) is 17.5 Å². The Balaban J connectivity index is 2.42. The predicted molar refractivity (Wildman–Crippen MR) is 51.5 cm³/mol.